The third-order valence-electron chi connectivity index (χ3n) is 3.07. The number of benzene rings is 1. The molecule has 2 rings (SSSR count). The quantitative estimate of drug-likeness (QED) is 0.812. The van der Waals surface area contributed by atoms with Gasteiger partial charge in [-0.25, -0.2) is 13.4 Å². The summed E-state index contributed by atoms with van der Waals surface area (Å²) in [6.07, 6.45) is 2.97. The summed E-state index contributed by atoms with van der Waals surface area (Å²) in [5, 5.41) is 12.0. The van der Waals surface area contributed by atoms with Crippen LogP contribution in [0.5, 0.6) is 0 Å². The van der Waals surface area contributed by atoms with Crippen LogP contribution < -0.4 is 10.0 Å². The molecule has 1 aromatic heterocycles. The van der Waals surface area contributed by atoms with E-state index in [1.807, 2.05) is 13.0 Å². The van der Waals surface area contributed by atoms with Gasteiger partial charge in [-0.3, -0.25) is 4.72 Å². The SMILES string of the molecule is CCCCS(=O)(=O)Nc1ccc(Nc2cccc(C#N)c2)cn1. The van der Waals surface area contributed by atoms with E-state index in [2.05, 4.69) is 21.1 Å². The van der Waals surface area contributed by atoms with Gasteiger partial charge in [-0.15, -0.1) is 0 Å². The van der Waals surface area contributed by atoms with Crippen molar-refractivity contribution in [2.75, 3.05) is 15.8 Å². The van der Waals surface area contributed by atoms with Crippen LogP contribution in [0.3, 0.4) is 0 Å². The molecule has 0 saturated heterocycles. The van der Waals surface area contributed by atoms with Crippen LogP contribution in [0.25, 0.3) is 0 Å². The van der Waals surface area contributed by atoms with E-state index >= 15 is 0 Å². The molecule has 0 unspecified atom stereocenters. The van der Waals surface area contributed by atoms with Gasteiger partial charge in [-0.1, -0.05) is 19.4 Å². The van der Waals surface area contributed by atoms with Gasteiger partial charge >= 0.3 is 0 Å². The first-order valence-electron chi connectivity index (χ1n) is 7.26. The van der Waals surface area contributed by atoms with E-state index in [0.29, 0.717) is 17.7 Å². The molecule has 0 amide bonds. The van der Waals surface area contributed by atoms with E-state index in [1.165, 1.54) is 6.20 Å². The molecule has 0 bridgehead atoms. The molecule has 0 aliphatic rings. The molecule has 120 valence electrons. The zero-order valence-corrected chi connectivity index (χ0v) is 13.6. The molecule has 2 aromatic rings. The fraction of sp³-hybridized carbons (Fsp3) is 0.250. The lowest BCUT2D eigenvalue weighted by Gasteiger charge is -2.09. The van der Waals surface area contributed by atoms with Crippen molar-refractivity contribution in [3.63, 3.8) is 0 Å². The Bertz CT molecular complexity index is 796. The fourth-order valence-electron chi connectivity index (χ4n) is 1.91. The highest BCUT2D eigenvalue weighted by atomic mass is 32.2. The first kappa shape index (κ1) is 16.8. The van der Waals surface area contributed by atoms with Gasteiger partial charge in [-0.2, -0.15) is 5.26 Å². The average Bonchev–Trinajstić information content (AvgIpc) is 2.55. The van der Waals surface area contributed by atoms with Crippen molar-refractivity contribution < 1.29 is 8.42 Å². The summed E-state index contributed by atoms with van der Waals surface area (Å²) in [4.78, 5) is 4.09. The van der Waals surface area contributed by atoms with E-state index < -0.39 is 10.0 Å². The monoisotopic (exact) mass is 330 g/mol. The summed E-state index contributed by atoms with van der Waals surface area (Å²) in [6.45, 7) is 1.94. The lowest BCUT2D eigenvalue weighted by molar-refractivity contribution is 0.597. The van der Waals surface area contributed by atoms with Crippen LogP contribution >= 0.6 is 0 Å². The molecule has 1 heterocycles. The minimum absolute atomic E-state index is 0.0894. The largest absolute Gasteiger partial charge is 0.354 e. The van der Waals surface area contributed by atoms with Crippen molar-refractivity contribution in [2.45, 2.75) is 19.8 Å². The highest BCUT2D eigenvalue weighted by Gasteiger charge is 2.10. The second-order valence-electron chi connectivity index (χ2n) is 5.02. The standard InChI is InChI=1S/C16H18N4O2S/c1-2-3-9-23(21,22)20-16-8-7-15(12-18-16)19-14-6-4-5-13(10-14)11-17/h4-8,10,12,19H,2-3,9H2,1H3,(H,18,20). The van der Waals surface area contributed by atoms with Crippen LogP contribution in [0.15, 0.2) is 42.6 Å². The van der Waals surface area contributed by atoms with Gasteiger partial charge in [0.1, 0.15) is 5.82 Å². The zero-order chi connectivity index (χ0) is 16.7. The molecule has 0 fully saturated rings. The molecule has 0 spiro atoms. The van der Waals surface area contributed by atoms with Crippen molar-refractivity contribution in [3.8, 4) is 6.07 Å². The first-order chi connectivity index (χ1) is 11.0. The normalized spacial score (nSPS) is 10.8. The third-order valence-corrected chi connectivity index (χ3v) is 4.42. The van der Waals surface area contributed by atoms with E-state index in [9.17, 15) is 8.42 Å². The summed E-state index contributed by atoms with van der Waals surface area (Å²) >= 11 is 0. The molecule has 0 atom stereocenters. The van der Waals surface area contributed by atoms with Crippen molar-refractivity contribution in [1.29, 1.82) is 5.26 Å². The predicted octanol–water partition coefficient (Wildman–Crippen LogP) is 3.24. The second kappa shape index (κ2) is 7.61. The van der Waals surface area contributed by atoms with Gasteiger partial charge in [0.25, 0.3) is 0 Å². The smallest absolute Gasteiger partial charge is 0.233 e. The Kier molecular flexibility index (Phi) is 5.55. The number of rotatable bonds is 7. The van der Waals surface area contributed by atoms with Crippen LogP contribution in [0, 0.1) is 11.3 Å². The van der Waals surface area contributed by atoms with E-state index in [1.54, 1.807) is 30.3 Å². The van der Waals surface area contributed by atoms with E-state index in [4.69, 9.17) is 5.26 Å². The number of nitriles is 1. The maximum Gasteiger partial charge on any atom is 0.233 e. The molecule has 0 saturated carbocycles. The molecule has 7 heteroatoms. The van der Waals surface area contributed by atoms with Crippen molar-refractivity contribution in [3.05, 3.63) is 48.2 Å². The van der Waals surface area contributed by atoms with Crippen molar-refractivity contribution in [2.24, 2.45) is 0 Å². The minimum atomic E-state index is -3.35. The van der Waals surface area contributed by atoms with Gasteiger partial charge in [0.15, 0.2) is 0 Å². The fourth-order valence-corrected chi connectivity index (χ4v) is 3.12. The Hall–Kier alpha value is -2.59. The predicted molar refractivity (Wildman–Crippen MR) is 91.0 cm³/mol. The first-order valence-corrected chi connectivity index (χ1v) is 8.91. The Morgan fingerprint density at radius 2 is 2.04 bits per heavy atom. The zero-order valence-electron chi connectivity index (χ0n) is 12.8. The number of hydrogen-bond donors (Lipinski definition) is 2. The molecular formula is C16H18N4O2S. The van der Waals surface area contributed by atoms with Crippen molar-refractivity contribution >= 4 is 27.2 Å². The van der Waals surface area contributed by atoms with Crippen LogP contribution in [-0.2, 0) is 10.0 Å². The van der Waals surface area contributed by atoms with Crippen LogP contribution in [-0.4, -0.2) is 19.2 Å². The molecule has 0 aliphatic carbocycles. The molecule has 23 heavy (non-hydrogen) atoms. The summed E-state index contributed by atoms with van der Waals surface area (Å²) < 4.78 is 26.1. The van der Waals surface area contributed by atoms with Crippen LogP contribution in [0.2, 0.25) is 0 Å². The van der Waals surface area contributed by atoms with Crippen molar-refractivity contribution in [1.82, 2.24) is 4.98 Å². The molecule has 6 nitrogen and oxygen atoms in total. The van der Waals surface area contributed by atoms with Crippen LogP contribution in [0.4, 0.5) is 17.2 Å². The number of pyridine rings is 1. The summed E-state index contributed by atoms with van der Waals surface area (Å²) in [5.41, 5.74) is 2.03. The average molecular weight is 330 g/mol. The maximum absolute atomic E-state index is 11.8. The number of aromatic nitrogens is 1. The molecular weight excluding hydrogens is 312 g/mol. The Morgan fingerprint density at radius 3 is 2.70 bits per heavy atom. The van der Waals surface area contributed by atoms with Gasteiger partial charge in [0.05, 0.1) is 29.3 Å². The number of nitrogens with zero attached hydrogens (tertiary/aromatic N) is 2. The minimum Gasteiger partial charge on any atom is -0.354 e. The van der Waals surface area contributed by atoms with Gasteiger partial charge < -0.3 is 5.32 Å². The molecule has 1 aromatic carbocycles. The number of hydrogen-bond acceptors (Lipinski definition) is 5. The second-order valence-corrected chi connectivity index (χ2v) is 6.87. The number of nitrogens with one attached hydrogen (secondary N) is 2. The number of unbranched alkanes of at least 4 members (excludes halogenated alkanes) is 1. The molecule has 2 N–H and O–H groups in total. The summed E-state index contributed by atoms with van der Waals surface area (Å²) in [5.74, 6) is 0.379. The van der Waals surface area contributed by atoms with E-state index in [-0.39, 0.29) is 11.6 Å². The summed E-state index contributed by atoms with van der Waals surface area (Å²) in [7, 11) is -3.35. The Balaban J connectivity index is 2.03. The number of sulfonamides is 1. The van der Waals surface area contributed by atoms with Gasteiger partial charge in [-0.05, 0) is 36.8 Å². The summed E-state index contributed by atoms with van der Waals surface area (Å²) in [6, 6.07) is 12.5. The maximum atomic E-state index is 11.8. The lowest BCUT2D eigenvalue weighted by atomic mass is 10.2. The van der Waals surface area contributed by atoms with E-state index in [0.717, 1.165) is 12.1 Å². The van der Waals surface area contributed by atoms with Crippen LogP contribution in [0.1, 0.15) is 25.3 Å². The Morgan fingerprint density at radius 1 is 1.22 bits per heavy atom. The number of anilines is 3. The van der Waals surface area contributed by atoms with Gasteiger partial charge in [0, 0.05) is 5.69 Å². The third kappa shape index (κ3) is 5.27. The Labute approximate surface area is 136 Å². The highest BCUT2D eigenvalue weighted by molar-refractivity contribution is 7.92. The molecule has 0 aliphatic heterocycles. The highest BCUT2D eigenvalue weighted by Crippen LogP contribution is 2.18. The molecule has 0 radical (unpaired) electrons. The van der Waals surface area contributed by atoms with Gasteiger partial charge in [0.2, 0.25) is 10.0 Å². The topological polar surface area (TPSA) is 94.9 Å². The lowest BCUT2D eigenvalue weighted by Crippen LogP contribution is -2.17.